The Morgan fingerprint density at radius 3 is 2.39 bits per heavy atom. The number of hydrogen-bond donors (Lipinski definition) is 2. The number of carbonyl (C=O) groups excluding carboxylic acids is 1. The van der Waals surface area contributed by atoms with Crippen LogP contribution in [0.4, 0.5) is 11.6 Å². The van der Waals surface area contributed by atoms with Gasteiger partial charge in [0.1, 0.15) is 15.7 Å². The van der Waals surface area contributed by atoms with E-state index in [-0.39, 0.29) is 29.2 Å². The zero-order valence-electron chi connectivity index (χ0n) is 23.7. The number of piperidine rings is 2. The van der Waals surface area contributed by atoms with Crippen LogP contribution >= 0.6 is 0 Å². The smallest absolute Gasteiger partial charge is 0.225 e. The molecule has 2 N–H and O–H groups in total. The van der Waals surface area contributed by atoms with Crippen molar-refractivity contribution in [2.24, 2.45) is 5.92 Å². The minimum atomic E-state index is -3.01. The highest BCUT2D eigenvalue weighted by Crippen LogP contribution is 2.33. The van der Waals surface area contributed by atoms with Gasteiger partial charge >= 0.3 is 0 Å². The van der Waals surface area contributed by atoms with Crippen LogP contribution in [0.2, 0.25) is 0 Å². The summed E-state index contributed by atoms with van der Waals surface area (Å²) in [6.07, 6.45) is 11.0. The van der Waals surface area contributed by atoms with E-state index in [1.54, 1.807) is 6.20 Å². The summed E-state index contributed by atoms with van der Waals surface area (Å²) < 4.78 is 26.1. The van der Waals surface area contributed by atoms with Crippen LogP contribution in [0, 0.1) is 5.92 Å². The summed E-state index contributed by atoms with van der Waals surface area (Å²) in [4.78, 5) is 26.5. The molecule has 2 aromatic heterocycles. The third-order valence-corrected chi connectivity index (χ3v) is 10.9. The molecule has 1 aliphatic carbocycles. The Bertz CT molecular complexity index is 1480. The van der Waals surface area contributed by atoms with Crippen LogP contribution in [-0.2, 0) is 14.6 Å². The SMILES string of the molecule is CS(=O)(=O)C1CCN(c2cccc3c2ccn3-c2ccnc(NC3CCC(C(=O)N4CCC(O)CC4)CC3)n2)CC1. The van der Waals surface area contributed by atoms with Gasteiger partial charge in [0.25, 0.3) is 0 Å². The average Bonchev–Trinajstić information content (AvgIpc) is 3.42. The zero-order chi connectivity index (χ0) is 28.6. The normalized spacial score (nSPS) is 23.2. The summed E-state index contributed by atoms with van der Waals surface area (Å²) in [5.74, 6) is 1.67. The summed E-state index contributed by atoms with van der Waals surface area (Å²) in [7, 11) is -3.01. The number of benzene rings is 1. The fraction of sp³-hybridized carbons (Fsp3) is 0.567. The highest BCUT2D eigenvalue weighted by molar-refractivity contribution is 7.91. The van der Waals surface area contributed by atoms with E-state index in [1.165, 1.54) is 6.26 Å². The topological polar surface area (TPSA) is 121 Å². The van der Waals surface area contributed by atoms with E-state index in [9.17, 15) is 18.3 Å². The summed E-state index contributed by atoms with van der Waals surface area (Å²) in [6, 6.07) is 10.5. The van der Waals surface area contributed by atoms with Crippen molar-refractivity contribution in [2.75, 3.05) is 42.7 Å². The van der Waals surface area contributed by atoms with Crippen molar-refractivity contribution >= 4 is 38.3 Å². The Hall–Kier alpha value is -3.18. The monoisotopic (exact) mass is 580 g/mol. The van der Waals surface area contributed by atoms with Crippen LogP contribution in [-0.4, -0.2) is 88.7 Å². The van der Waals surface area contributed by atoms with Gasteiger partial charge in [-0.15, -0.1) is 0 Å². The molecule has 1 saturated carbocycles. The summed E-state index contributed by atoms with van der Waals surface area (Å²) in [6.45, 7) is 2.77. The van der Waals surface area contributed by atoms with Gasteiger partial charge in [-0.25, -0.2) is 13.4 Å². The minimum Gasteiger partial charge on any atom is -0.393 e. The first-order valence-corrected chi connectivity index (χ1v) is 16.8. The molecule has 1 amide bonds. The predicted molar refractivity (Wildman–Crippen MR) is 160 cm³/mol. The molecule has 3 fully saturated rings. The Labute approximate surface area is 241 Å². The second-order valence-electron chi connectivity index (χ2n) is 11.9. The van der Waals surface area contributed by atoms with Gasteiger partial charge in [0.2, 0.25) is 11.9 Å². The Morgan fingerprint density at radius 1 is 0.951 bits per heavy atom. The van der Waals surface area contributed by atoms with Crippen molar-refractivity contribution in [3.8, 4) is 5.82 Å². The number of carbonyl (C=O) groups is 1. The molecule has 0 radical (unpaired) electrons. The molecule has 2 aliphatic heterocycles. The maximum atomic E-state index is 13.0. The van der Waals surface area contributed by atoms with Crippen molar-refractivity contribution < 1.29 is 18.3 Å². The molecule has 0 atom stereocenters. The molecule has 4 heterocycles. The molecule has 3 aromatic rings. The van der Waals surface area contributed by atoms with Gasteiger partial charge in [-0.2, -0.15) is 4.98 Å². The summed E-state index contributed by atoms with van der Waals surface area (Å²) in [5, 5.41) is 14.1. The van der Waals surface area contributed by atoms with E-state index in [1.807, 2.05) is 23.2 Å². The zero-order valence-corrected chi connectivity index (χ0v) is 24.5. The lowest BCUT2D eigenvalue weighted by Gasteiger charge is -2.35. The van der Waals surface area contributed by atoms with Crippen LogP contribution in [0.25, 0.3) is 16.7 Å². The maximum absolute atomic E-state index is 13.0. The highest BCUT2D eigenvalue weighted by atomic mass is 32.2. The molecule has 3 aliphatic rings. The lowest BCUT2D eigenvalue weighted by Crippen LogP contribution is -2.44. The van der Waals surface area contributed by atoms with E-state index in [0.29, 0.717) is 44.7 Å². The van der Waals surface area contributed by atoms with Crippen LogP contribution in [0.1, 0.15) is 51.4 Å². The molecule has 0 unspecified atom stereocenters. The number of nitrogens with zero attached hydrogens (tertiary/aromatic N) is 5. The molecule has 220 valence electrons. The van der Waals surface area contributed by atoms with Gasteiger partial charge in [0, 0.05) is 67.9 Å². The first-order valence-electron chi connectivity index (χ1n) is 14.9. The fourth-order valence-corrected chi connectivity index (χ4v) is 7.78. The molecule has 0 bridgehead atoms. The Kier molecular flexibility index (Phi) is 7.91. The number of likely N-dealkylation sites (tertiary alicyclic amines) is 1. The largest absolute Gasteiger partial charge is 0.393 e. The van der Waals surface area contributed by atoms with Gasteiger partial charge in [-0.05, 0) is 75.6 Å². The lowest BCUT2D eigenvalue weighted by atomic mass is 9.85. The van der Waals surface area contributed by atoms with Gasteiger partial charge in [0.05, 0.1) is 16.9 Å². The quantitative estimate of drug-likeness (QED) is 0.455. The van der Waals surface area contributed by atoms with E-state index >= 15 is 0 Å². The number of aliphatic hydroxyl groups excluding tert-OH is 1. The first-order chi connectivity index (χ1) is 19.8. The maximum Gasteiger partial charge on any atom is 0.225 e. The van der Waals surface area contributed by atoms with Crippen LogP contribution < -0.4 is 10.2 Å². The number of anilines is 2. The molecule has 0 spiro atoms. The van der Waals surface area contributed by atoms with Crippen molar-refractivity contribution in [1.82, 2.24) is 19.4 Å². The number of sulfone groups is 1. The fourth-order valence-electron chi connectivity index (χ4n) is 6.72. The lowest BCUT2D eigenvalue weighted by molar-refractivity contribution is -0.138. The molecular formula is C30H40N6O4S. The summed E-state index contributed by atoms with van der Waals surface area (Å²) in [5.41, 5.74) is 2.16. The molecule has 41 heavy (non-hydrogen) atoms. The minimum absolute atomic E-state index is 0.0631. The van der Waals surface area contributed by atoms with Crippen molar-refractivity contribution in [2.45, 2.75) is 68.8 Å². The molecular weight excluding hydrogens is 540 g/mol. The van der Waals surface area contributed by atoms with Crippen LogP contribution in [0.3, 0.4) is 0 Å². The van der Waals surface area contributed by atoms with Crippen molar-refractivity contribution in [3.63, 3.8) is 0 Å². The number of aromatic nitrogens is 3. The van der Waals surface area contributed by atoms with Gasteiger partial charge < -0.3 is 24.8 Å². The van der Waals surface area contributed by atoms with Crippen molar-refractivity contribution in [3.05, 3.63) is 42.7 Å². The van der Waals surface area contributed by atoms with Crippen LogP contribution in [0.5, 0.6) is 0 Å². The number of fused-ring (bicyclic) bond motifs is 1. The third kappa shape index (κ3) is 6.06. The number of aliphatic hydroxyl groups is 1. The third-order valence-electron chi connectivity index (χ3n) is 9.17. The molecule has 2 saturated heterocycles. The second-order valence-corrected chi connectivity index (χ2v) is 14.2. The first kappa shape index (κ1) is 28.0. The van der Waals surface area contributed by atoms with Gasteiger partial charge in [0.15, 0.2) is 0 Å². The summed E-state index contributed by atoms with van der Waals surface area (Å²) >= 11 is 0. The number of hydrogen-bond acceptors (Lipinski definition) is 8. The molecule has 1 aromatic carbocycles. The number of rotatable bonds is 6. The standard InChI is InChI=1S/C30H40N6O4S/c1-41(39,40)24-12-18-34(19-13-24)26-3-2-4-27-25(26)14-20-36(27)28-9-15-31-30(33-28)32-22-7-5-21(6-8-22)29(38)35-16-10-23(37)11-17-35/h2-4,9,14-15,20-24,37H,5-8,10-13,16-19H2,1H3,(H,31,32,33). The molecule has 6 rings (SSSR count). The van der Waals surface area contributed by atoms with E-state index in [0.717, 1.165) is 61.2 Å². The van der Waals surface area contributed by atoms with E-state index < -0.39 is 9.84 Å². The van der Waals surface area contributed by atoms with Crippen molar-refractivity contribution in [1.29, 1.82) is 0 Å². The van der Waals surface area contributed by atoms with Gasteiger partial charge in [-0.1, -0.05) is 6.07 Å². The highest BCUT2D eigenvalue weighted by Gasteiger charge is 2.32. The predicted octanol–water partition coefficient (Wildman–Crippen LogP) is 3.39. The number of amides is 1. The van der Waals surface area contributed by atoms with E-state index in [4.69, 9.17) is 4.98 Å². The van der Waals surface area contributed by atoms with E-state index in [2.05, 4.69) is 38.0 Å². The average molecular weight is 581 g/mol. The Morgan fingerprint density at radius 2 is 1.68 bits per heavy atom. The molecule has 10 nitrogen and oxygen atoms in total. The molecule has 11 heteroatoms. The second kappa shape index (κ2) is 11.6. The Balaban J connectivity index is 1.10. The van der Waals surface area contributed by atoms with Crippen LogP contribution in [0.15, 0.2) is 42.7 Å². The number of nitrogens with one attached hydrogen (secondary N) is 1. The van der Waals surface area contributed by atoms with Gasteiger partial charge in [-0.3, -0.25) is 4.79 Å².